The smallest absolute Gasteiger partial charge is 0.266 e. The number of rotatable bonds is 2. The summed E-state index contributed by atoms with van der Waals surface area (Å²) < 4.78 is 5.78. The summed E-state index contributed by atoms with van der Waals surface area (Å²) in [4.78, 5) is 31.0. The second kappa shape index (κ2) is 6.19. The number of carbonyl (C=O) groups excluding carboxylic acids is 2. The van der Waals surface area contributed by atoms with Crippen LogP contribution in [-0.4, -0.2) is 16.8 Å². The van der Waals surface area contributed by atoms with Gasteiger partial charge in [-0.1, -0.05) is 35.3 Å². The fourth-order valence-electron chi connectivity index (χ4n) is 3.26. The lowest BCUT2D eigenvalue weighted by Gasteiger charge is -2.13. The van der Waals surface area contributed by atoms with Gasteiger partial charge < -0.3 is 4.42 Å². The Kier molecular flexibility index (Phi) is 3.75. The van der Waals surface area contributed by atoms with Gasteiger partial charge in [0.2, 0.25) is 5.89 Å². The maximum Gasteiger partial charge on any atom is 0.266 e. The van der Waals surface area contributed by atoms with E-state index < -0.39 is 0 Å². The van der Waals surface area contributed by atoms with Crippen molar-refractivity contribution in [3.8, 4) is 11.5 Å². The van der Waals surface area contributed by atoms with E-state index in [0.29, 0.717) is 49.4 Å². The van der Waals surface area contributed by atoms with E-state index in [9.17, 15) is 9.59 Å². The predicted molar refractivity (Wildman–Crippen MR) is 107 cm³/mol. The number of hydrogen-bond donors (Lipinski definition) is 0. The van der Waals surface area contributed by atoms with Crippen LogP contribution in [0.15, 0.2) is 65.1 Å². The minimum atomic E-state index is -0.357. The molecule has 2 heterocycles. The van der Waals surface area contributed by atoms with Crippen molar-refractivity contribution in [2.24, 2.45) is 0 Å². The highest BCUT2D eigenvalue weighted by Gasteiger charge is 2.36. The van der Waals surface area contributed by atoms with Crippen LogP contribution in [0.1, 0.15) is 20.7 Å². The van der Waals surface area contributed by atoms with E-state index in [2.05, 4.69) is 4.98 Å². The van der Waals surface area contributed by atoms with Crippen molar-refractivity contribution in [3.63, 3.8) is 0 Å². The van der Waals surface area contributed by atoms with Crippen LogP contribution in [0.2, 0.25) is 10.0 Å². The van der Waals surface area contributed by atoms with Crippen LogP contribution >= 0.6 is 23.2 Å². The maximum absolute atomic E-state index is 12.7. The van der Waals surface area contributed by atoms with E-state index in [0.717, 1.165) is 4.90 Å². The SMILES string of the molecule is O=C1c2ccccc2C(=O)N1c1ccc2oc(-c3ccc(Cl)cc3Cl)nc2c1. The molecule has 2 amide bonds. The molecule has 0 radical (unpaired) electrons. The van der Waals surface area contributed by atoms with Crippen LogP contribution in [0.5, 0.6) is 0 Å². The van der Waals surface area contributed by atoms with Crippen LogP contribution in [0.3, 0.4) is 0 Å². The van der Waals surface area contributed by atoms with Crippen molar-refractivity contribution >= 4 is 51.8 Å². The molecule has 0 saturated carbocycles. The Balaban J connectivity index is 1.58. The van der Waals surface area contributed by atoms with Gasteiger partial charge in [-0.05, 0) is 48.5 Å². The summed E-state index contributed by atoms with van der Waals surface area (Å²) in [6, 6.07) is 16.8. The van der Waals surface area contributed by atoms with Crippen LogP contribution in [0.25, 0.3) is 22.6 Å². The number of amides is 2. The van der Waals surface area contributed by atoms with Crippen molar-refractivity contribution < 1.29 is 14.0 Å². The lowest BCUT2D eigenvalue weighted by molar-refractivity contribution is 0.0926. The standard InChI is InChI=1S/C21H10Cl2N2O3/c22-11-5-7-15(16(23)9-11)19-24-17-10-12(6-8-18(17)28-19)25-20(26)13-3-1-2-4-14(13)21(25)27/h1-10H. The molecule has 0 aliphatic carbocycles. The molecule has 3 aromatic carbocycles. The molecular formula is C21H10Cl2N2O3. The first-order valence-corrected chi connectivity index (χ1v) is 9.12. The zero-order valence-corrected chi connectivity index (χ0v) is 15.7. The normalized spacial score (nSPS) is 13.4. The fourth-order valence-corrected chi connectivity index (χ4v) is 3.75. The second-order valence-electron chi connectivity index (χ2n) is 6.29. The van der Waals surface area contributed by atoms with E-state index in [1.165, 1.54) is 0 Å². The Morgan fingerprint density at radius 3 is 2.21 bits per heavy atom. The minimum Gasteiger partial charge on any atom is -0.436 e. The highest BCUT2D eigenvalue weighted by atomic mass is 35.5. The van der Waals surface area contributed by atoms with Gasteiger partial charge in [0.1, 0.15) is 5.52 Å². The molecule has 0 N–H and O–H groups in total. The lowest BCUT2D eigenvalue weighted by Crippen LogP contribution is -2.29. The molecule has 7 heteroatoms. The third kappa shape index (κ3) is 2.52. The number of anilines is 1. The number of hydrogen-bond acceptors (Lipinski definition) is 4. The Bertz CT molecular complexity index is 1260. The summed E-state index contributed by atoms with van der Waals surface area (Å²) in [5, 5.41) is 0.928. The molecule has 1 aliphatic heterocycles. The van der Waals surface area contributed by atoms with Gasteiger partial charge >= 0.3 is 0 Å². The van der Waals surface area contributed by atoms with Gasteiger partial charge in [-0.15, -0.1) is 0 Å². The monoisotopic (exact) mass is 408 g/mol. The van der Waals surface area contributed by atoms with Crippen molar-refractivity contribution in [2.45, 2.75) is 0 Å². The third-order valence-electron chi connectivity index (χ3n) is 4.58. The average molecular weight is 409 g/mol. The van der Waals surface area contributed by atoms with Gasteiger partial charge in [-0.2, -0.15) is 0 Å². The summed E-state index contributed by atoms with van der Waals surface area (Å²) in [5.74, 6) is -0.384. The first kappa shape index (κ1) is 17.0. The number of fused-ring (bicyclic) bond motifs is 2. The molecule has 5 rings (SSSR count). The molecule has 0 unspecified atom stereocenters. The Morgan fingerprint density at radius 1 is 0.821 bits per heavy atom. The number of carbonyl (C=O) groups is 2. The Morgan fingerprint density at radius 2 is 1.54 bits per heavy atom. The van der Waals surface area contributed by atoms with Crippen LogP contribution in [-0.2, 0) is 0 Å². The van der Waals surface area contributed by atoms with E-state index in [4.69, 9.17) is 27.6 Å². The average Bonchev–Trinajstić information content (AvgIpc) is 3.21. The highest BCUT2D eigenvalue weighted by molar-refractivity contribution is 6.36. The summed E-state index contributed by atoms with van der Waals surface area (Å²) >= 11 is 12.2. The number of halogens is 2. The molecule has 0 bridgehead atoms. The van der Waals surface area contributed by atoms with Gasteiger partial charge in [0.25, 0.3) is 11.8 Å². The van der Waals surface area contributed by atoms with Crippen molar-refractivity contribution in [2.75, 3.05) is 4.90 Å². The molecule has 1 aliphatic rings. The summed E-state index contributed by atoms with van der Waals surface area (Å²) in [6.07, 6.45) is 0. The maximum atomic E-state index is 12.7. The molecule has 0 fully saturated rings. The molecule has 28 heavy (non-hydrogen) atoms. The molecule has 1 aromatic heterocycles. The topological polar surface area (TPSA) is 63.4 Å². The molecular weight excluding hydrogens is 399 g/mol. The second-order valence-corrected chi connectivity index (χ2v) is 7.13. The molecule has 4 aromatic rings. The largest absolute Gasteiger partial charge is 0.436 e. The number of benzene rings is 3. The Hall–Kier alpha value is -3.15. The van der Waals surface area contributed by atoms with Gasteiger partial charge in [0, 0.05) is 5.02 Å². The van der Waals surface area contributed by atoms with Crippen LogP contribution in [0.4, 0.5) is 5.69 Å². The van der Waals surface area contributed by atoms with Crippen LogP contribution < -0.4 is 4.90 Å². The van der Waals surface area contributed by atoms with Gasteiger partial charge in [-0.3, -0.25) is 9.59 Å². The van der Waals surface area contributed by atoms with Crippen molar-refractivity contribution in [3.05, 3.63) is 81.8 Å². The van der Waals surface area contributed by atoms with E-state index in [-0.39, 0.29) is 11.8 Å². The Labute approximate surface area is 169 Å². The molecule has 0 saturated heterocycles. The first-order valence-electron chi connectivity index (χ1n) is 8.37. The number of imide groups is 1. The lowest BCUT2D eigenvalue weighted by atomic mass is 10.1. The van der Waals surface area contributed by atoms with Crippen molar-refractivity contribution in [1.29, 1.82) is 0 Å². The predicted octanol–water partition coefficient (Wildman–Crippen LogP) is 5.60. The van der Waals surface area contributed by atoms with Gasteiger partial charge in [-0.25, -0.2) is 9.88 Å². The van der Waals surface area contributed by atoms with E-state index in [1.807, 2.05) is 0 Å². The molecule has 136 valence electrons. The summed E-state index contributed by atoms with van der Waals surface area (Å²) in [5.41, 5.74) is 2.84. The summed E-state index contributed by atoms with van der Waals surface area (Å²) in [7, 11) is 0. The van der Waals surface area contributed by atoms with E-state index in [1.54, 1.807) is 60.7 Å². The zero-order valence-electron chi connectivity index (χ0n) is 14.1. The first-order chi connectivity index (χ1) is 13.5. The van der Waals surface area contributed by atoms with Gasteiger partial charge in [0.05, 0.1) is 27.4 Å². The number of aromatic nitrogens is 1. The molecule has 5 nitrogen and oxygen atoms in total. The zero-order chi connectivity index (χ0) is 19.4. The minimum absolute atomic E-state index is 0.330. The highest BCUT2D eigenvalue weighted by Crippen LogP contribution is 2.34. The van der Waals surface area contributed by atoms with Crippen LogP contribution in [0, 0.1) is 0 Å². The van der Waals surface area contributed by atoms with E-state index >= 15 is 0 Å². The molecule has 0 atom stereocenters. The molecule has 0 spiro atoms. The number of nitrogens with zero attached hydrogens (tertiary/aromatic N) is 2. The third-order valence-corrected chi connectivity index (χ3v) is 5.13. The number of oxazole rings is 1. The summed E-state index contributed by atoms with van der Waals surface area (Å²) in [6.45, 7) is 0. The van der Waals surface area contributed by atoms with Gasteiger partial charge in [0.15, 0.2) is 5.58 Å². The quantitative estimate of drug-likeness (QED) is 0.404. The fraction of sp³-hybridized carbons (Fsp3) is 0. The van der Waals surface area contributed by atoms with Crippen molar-refractivity contribution in [1.82, 2.24) is 4.98 Å².